The molecule has 4 rings (SSSR count). The molecule has 1 N–H and O–H groups in total. The summed E-state index contributed by atoms with van der Waals surface area (Å²) < 4.78 is 39.9. The van der Waals surface area contributed by atoms with Gasteiger partial charge in [-0.1, -0.05) is 0 Å². The number of halogens is 4. The second-order valence-corrected chi connectivity index (χ2v) is 8.47. The first-order valence-electron chi connectivity index (χ1n) is 9.04. The van der Waals surface area contributed by atoms with E-state index in [4.69, 9.17) is 11.6 Å². The van der Waals surface area contributed by atoms with E-state index in [1.807, 2.05) is 0 Å². The Balaban J connectivity index is 1.84. The summed E-state index contributed by atoms with van der Waals surface area (Å²) in [5.74, 6) is 0.779. The fraction of sp³-hybridized carbons (Fsp3) is 0.316. The second-order valence-electron chi connectivity index (χ2n) is 6.82. The van der Waals surface area contributed by atoms with E-state index in [1.54, 1.807) is 18.2 Å². The van der Waals surface area contributed by atoms with Crippen molar-refractivity contribution in [2.24, 2.45) is 0 Å². The molecule has 10 heteroatoms. The SMILES string of the molecule is FC(F)(F)Cc1ccc([AsH2])nc1-c1cc2ncnc(N3CCNCC3)c2cc1Cl. The molecular formula is C19H18AsClF3N5. The van der Waals surface area contributed by atoms with Crippen molar-refractivity contribution >= 4 is 49.7 Å². The van der Waals surface area contributed by atoms with Crippen LogP contribution >= 0.6 is 11.6 Å². The van der Waals surface area contributed by atoms with Crippen molar-refractivity contribution in [3.8, 4) is 11.3 Å². The third-order valence-electron chi connectivity index (χ3n) is 4.77. The monoisotopic (exact) mass is 483 g/mol. The van der Waals surface area contributed by atoms with Crippen LogP contribution in [0.1, 0.15) is 5.56 Å². The normalized spacial score (nSPS) is 15.1. The third-order valence-corrected chi connectivity index (χ3v) is 5.75. The van der Waals surface area contributed by atoms with Gasteiger partial charge in [-0.05, 0) is 0 Å². The van der Waals surface area contributed by atoms with Gasteiger partial charge in [-0.25, -0.2) is 0 Å². The molecule has 0 spiro atoms. The zero-order valence-corrected chi connectivity index (χ0v) is 18.5. The maximum atomic E-state index is 13.1. The molecule has 152 valence electrons. The van der Waals surface area contributed by atoms with Gasteiger partial charge in [0.05, 0.1) is 0 Å². The number of fused-ring (bicyclic) bond motifs is 1. The van der Waals surface area contributed by atoms with Gasteiger partial charge in [0, 0.05) is 0 Å². The van der Waals surface area contributed by atoms with E-state index in [-0.39, 0.29) is 11.3 Å². The number of rotatable bonds is 3. The van der Waals surface area contributed by atoms with Crippen LogP contribution in [-0.4, -0.2) is 64.2 Å². The van der Waals surface area contributed by atoms with E-state index < -0.39 is 12.6 Å². The van der Waals surface area contributed by atoms with E-state index in [9.17, 15) is 13.2 Å². The van der Waals surface area contributed by atoms with Crippen LogP contribution in [0.4, 0.5) is 19.0 Å². The number of hydrogen-bond donors (Lipinski definition) is 1. The van der Waals surface area contributed by atoms with Gasteiger partial charge < -0.3 is 0 Å². The minimum atomic E-state index is -4.34. The van der Waals surface area contributed by atoms with Crippen molar-refractivity contribution in [3.63, 3.8) is 0 Å². The number of nitrogens with zero attached hydrogens (tertiary/aromatic N) is 4. The molecular weight excluding hydrogens is 466 g/mol. The molecule has 1 aromatic carbocycles. The molecule has 0 bridgehead atoms. The van der Waals surface area contributed by atoms with Gasteiger partial charge >= 0.3 is 179 Å². The topological polar surface area (TPSA) is 53.9 Å². The number of aromatic nitrogens is 3. The Hall–Kier alpha value is -1.89. The van der Waals surface area contributed by atoms with Crippen LogP contribution < -0.4 is 14.7 Å². The van der Waals surface area contributed by atoms with Crippen LogP contribution in [-0.2, 0) is 6.42 Å². The first-order valence-corrected chi connectivity index (χ1v) is 10.6. The fourth-order valence-corrected chi connectivity index (χ4v) is 4.19. The molecule has 0 amide bonds. The van der Waals surface area contributed by atoms with Crippen molar-refractivity contribution in [2.75, 3.05) is 31.1 Å². The van der Waals surface area contributed by atoms with Crippen molar-refractivity contribution in [2.45, 2.75) is 12.6 Å². The van der Waals surface area contributed by atoms with Gasteiger partial charge in [-0.2, -0.15) is 0 Å². The van der Waals surface area contributed by atoms with Gasteiger partial charge in [-0.3, -0.25) is 0 Å². The van der Waals surface area contributed by atoms with Crippen molar-refractivity contribution < 1.29 is 13.2 Å². The number of pyridine rings is 1. The van der Waals surface area contributed by atoms with Gasteiger partial charge in [0.25, 0.3) is 0 Å². The molecule has 29 heavy (non-hydrogen) atoms. The molecule has 5 nitrogen and oxygen atoms in total. The third kappa shape index (κ3) is 4.49. The molecule has 1 unspecified atom stereocenters. The van der Waals surface area contributed by atoms with Crippen molar-refractivity contribution in [1.82, 2.24) is 20.3 Å². The number of nitrogens with one attached hydrogen (secondary N) is 1. The minimum absolute atomic E-state index is 0.0940. The summed E-state index contributed by atoms with van der Waals surface area (Å²) in [6, 6.07) is 6.51. The van der Waals surface area contributed by atoms with E-state index in [2.05, 4.69) is 25.2 Å². The molecule has 1 aliphatic rings. The molecule has 1 saturated heterocycles. The van der Waals surface area contributed by atoms with Crippen LogP contribution in [0, 0.1) is 0 Å². The fourth-order valence-electron chi connectivity index (χ4n) is 3.47. The number of alkyl halides is 3. The first-order chi connectivity index (χ1) is 13.8. The van der Waals surface area contributed by atoms with Crippen LogP contribution in [0.2, 0.25) is 5.02 Å². The maximum absolute atomic E-state index is 13.1. The molecule has 1 atom stereocenters. The summed E-state index contributed by atoms with van der Waals surface area (Å²) in [5.41, 5.74) is 1.41. The Kier molecular flexibility index (Phi) is 5.69. The summed E-state index contributed by atoms with van der Waals surface area (Å²) >= 11 is 7.78. The van der Waals surface area contributed by atoms with Crippen LogP contribution in [0.3, 0.4) is 0 Å². The van der Waals surface area contributed by atoms with Crippen LogP contribution in [0.15, 0.2) is 30.6 Å². The average molecular weight is 484 g/mol. The Morgan fingerprint density at radius 3 is 2.62 bits per heavy atom. The van der Waals surface area contributed by atoms with E-state index in [0.717, 1.165) is 37.4 Å². The second kappa shape index (κ2) is 8.09. The van der Waals surface area contributed by atoms with Gasteiger partial charge in [0.1, 0.15) is 0 Å². The van der Waals surface area contributed by atoms with E-state index >= 15 is 0 Å². The predicted molar refractivity (Wildman–Crippen MR) is 111 cm³/mol. The van der Waals surface area contributed by atoms with Crippen molar-refractivity contribution in [1.29, 1.82) is 0 Å². The summed E-state index contributed by atoms with van der Waals surface area (Å²) in [6.45, 7) is 3.33. The summed E-state index contributed by atoms with van der Waals surface area (Å²) in [5, 5.41) is 4.40. The Morgan fingerprint density at radius 1 is 1.14 bits per heavy atom. The quantitative estimate of drug-likeness (QED) is 0.579. The number of anilines is 1. The first kappa shape index (κ1) is 20.4. The van der Waals surface area contributed by atoms with E-state index in [1.165, 1.54) is 29.2 Å². The Bertz CT molecular complexity index is 1050. The number of benzene rings is 1. The zero-order chi connectivity index (χ0) is 20.6. The Labute approximate surface area is 179 Å². The molecule has 2 aromatic heterocycles. The van der Waals surface area contributed by atoms with Crippen LogP contribution in [0.5, 0.6) is 0 Å². The molecule has 0 radical (unpaired) electrons. The average Bonchev–Trinajstić information content (AvgIpc) is 2.68. The van der Waals surface area contributed by atoms with Gasteiger partial charge in [0.2, 0.25) is 0 Å². The predicted octanol–water partition coefficient (Wildman–Crippen LogP) is 2.12. The molecule has 0 saturated carbocycles. The zero-order valence-electron chi connectivity index (χ0n) is 15.3. The van der Waals surface area contributed by atoms with E-state index in [0.29, 0.717) is 20.6 Å². The molecule has 3 aromatic rings. The van der Waals surface area contributed by atoms with Gasteiger partial charge in [0.15, 0.2) is 0 Å². The van der Waals surface area contributed by atoms with Crippen LogP contribution in [0.25, 0.3) is 22.2 Å². The standard InChI is InChI=1S/C19H18AsClF3N5/c20-16-2-1-11(9-19(22,23)24)17(28-16)12-8-15-13(7-14(12)21)18(27-10-26-15)29-5-3-25-4-6-29/h1-2,7-8,10,25H,3-6,9,20H2. The van der Waals surface area contributed by atoms with Crippen molar-refractivity contribution in [3.05, 3.63) is 41.2 Å². The summed E-state index contributed by atoms with van der Waals surface area (Å²) in [4.78, 5) is 15.3. The van der Waals surface area contributed by atoms with Gasteiger partial charge in [-0.15, -0.1) is 0 Å². The molecule has 3 heterocycles. The molecule has 1 fully saturated rings. The summed E-state index contributed by atoms with van der Waals surface area (Å²) in [7, 11) is 0. The molecule has 0 aliphatic carbocycles. The number of piperazine rings is 1. The summed E-state index contributed by atoms with van der Waals surface area (Å²) in [6.07, 6.45) is -3.93. The Morgan fingerprint density at radius 2 is 1.90 bits per heavy atom. The number of hydrogen-bond acceptors (Lipinski definition) is 5. The molecule has 1 aliphatic heterocycles.